The molecule has 0 aliphatic carbocycles. The van der Waals surface area contributed by atoms with E-state index < -0.39 is 0 Å². The maximum atomic E-state index is 12.6. The molecule has 3 aromatic heterocycles. The number of nitrogens with zero attached hydrogens (tertiary/aromatic N) is 3. The minimum Gasteiger partial charge on any atom is -0.347 e. The lowest BCUT2D eigenvalue weighted by atomic mass is 10.2. The van der Waals surface area contributed by atoms with Crippen LogP contribution >= 0.6 is 11.3 Å². The van der Waals surface area contributed by atoms with Crippen molar-refractivity contribution in [2.24, 2.45) is 0 Å². The Balaban J connectivity index is 1.49. The molecule has 0 spiro atoms. The highest BCUT2D eigenvalue weighted by atomic mass is 32.1. The van der Waals surface area contributed by atoms with Gasteiger partial charge in [0.25, 0.3) is 5.56 Å². The highest BCUT2D eigenvalue weighted by Gasteiger charge is 2.14. The molecular weight excluding hydrogens is 350 g/mol. The smallest absolute Gasteiger partial charge is 0.262 e. The van der Waals surface area contributed by atoms with Crippen LogP contribution in [0.25, 0.3) is 21.3 Å². The summed E-state index contributed by atoms with van der Waals surface area (Å²) >= 11 is 1.49. The Hall–Kier alpha value is -3.00. The van der Waals surface area contributed by atoms with Gasteiger partial charge in [-0.3, -0.25) is 14.2 Å². The highest BCUT2D eigenvalue weighted by Crippen LogP contribution is 2.25. The molecule has 132 valence electrons. The molecule has 8 heteroatoms. The first kappa shape index (κ1) is 16.5. The normalized spacial score (nSPS) is 11.3. The number of aromatic nitrogens is 4. The van der Waals surface area contributed by atoms with Crippen molar-refractivity contribution in [3.8, 4) is 0 Å². The summed E-state index contributed by atoms with van der Waals surface area (Å²) in [5.41, 5.74) is 2.52. The van der Waals surface area contributed by atoms with E-state index in [9.17, 15) is 9.59 Å². The number of hydrogen-bond donors (Lipinski definition) is 2. The second kappa shape index (κ2) is 6.38. The number of benzene rings is 1. The molecule has 0 bridgehead atoms. The van der Waals surface area contributed by atoms with Gasteiger partial charge in [-0.25, -0.2) is 9.97 Å². The van der Waals surface area contributed by atoms with Crippen molar-refractivity contribution in [1.82, 2.24) is 24.8 Å². The molecule has 0 radical (unpaired) electrons. The largest absolute Gasteiger partial charge is 0.347 e. The number of rotatable bonds is 4. The number of thiophene rings is 1. The third kappa shape index (κ3) is 2.88. The van der Waals surface area contributed by atoms with Crippen molar-refractivity contribution < 1.29 is 4.79 Å². The van der Waals surface area contributed by atoms with Gasteiger partial charge in [-0.05, 0) is 31.5 Å². The van der Waals surface area contributed by atoms with Gasteiger partial charge >= 0.3 is 0 Å². The van der Waals surface area contributed by atoms with Crippen LogP contribution in [0.2, 0.25) is 0 Å². The van der Waals surface area contributed by atoms with Crippen molar-refractivity contribution in [3.05, 3.63) is 57.2 Å². The lowest BCUT2D eigenvalue weighted by Gasteiger charge is -2.06. The predicted molar refractivity (Wildman–Crippen MR) is 101 cm³/mol. The molecule has 0 fully saturated rings. The van der Waals surface area contributed by atoms with Crippen LogP contribution in [-0.4, -0.2) is 25.4 Å². The molecule has 7 nitrogen and oxygen atoms in total. The standard InChI is InChI=1S/C18H17N5O2S/c1-10-11(2)26-17-16(10)18(25)23(9-20-17)8-15(24)19-7-14-21-12-5-3-4-6-13(12)22-14/h3-6,9H,7-8H2,1-2H3,(H,19,24)(H,21,22). The molecule has 0 atom stereocenters. The first-order valence-corrected chi connectivity index (χ1v) is 9.00. The highest BCUT2D eigenvalue weighted by molar-refractivity contribution is 7.18. The minimum atomic E-state index is -0.265. The Kier molecular flexibility index (Phi) is 4.04. The van der Waals surface area contributed by atoms with Crippen LogP contribution in [0.4, 0.5) is 0 Å². The zero-order valence-electron chi connectivity index (χ0n) is 14.4. The molecule has 26 heavy (non-hydrogen) atoms. The van der Waals surface area contributed by atoms with Gasteiger partial charge in [0.15, 0.2) is 0 Å². The van der Waals surface area contributed by atoms with Crippen molar-refractivity contribution in [3.63, 3.8) is 0 Å². The van der Waals surface area contributed by atoms with Crippen LogP contribution in [0, 0.1) is 13.8 Å². The number of amides is 1. The number of H-pyrrole nitrogens is 1. The lowest BCUT2D eigenvalue weighted by molar-refractivity contribution is -0.121. The number of aromatic amines is 1. The van der Waals surface area contributed by atoms with E-state index in [1.165, 1.54) is 22.2 Å². The fourth-order valence-corrected chi connectivity index (χ4v) is 3.85. The zero-order valence-corrected chi connectivity index (χ0v) is 15.2. The van der Waals surface area contributed by atoms with Gasteiger partial charge in [-0.2, -0.15) is 0 Å². The third-order valence-corrected chi connectivity index (χ3v) is 5.48. The average molecular weight is 367 g/mol. The first-order chi connectivity index (χ1) is 12.5. The van der Waals surface area contributed by atoms with E-state index in [1.807, 2.05) is 38.1 Å². The van der Waals surface area contributed by atoms with E-state index >= 15 is 0 Å². The van der Waals surface area contributed by atoms with Crippen LogP contribution in [0.5, 0.6) is 0 Å². The second-order valence-corrected chi connectivity index (χ2v) is 7.32. The SMILES string of the molecule is Cc1sc2ncn(CC(=O)NCc3nc4ccccc4[nH]3)c(=O)c2c1C. The monoisotopic (exact) mass is 367 g/mol. The van der Waals surface area contributed by atoms with Gasteiger partial charge < -0.3 is 10.3 Å². The third-order valence-electron chi connectivity index (χ3n) is 4.36. The van der Waals surface area contributed by atoms with Gasteiger partial charge in [0.1, 0.15) is 17.2 Å². The summed E-state index contributed by atoms with van der Waals surface area (Å²) in [6, 6.07) is 7.67. The van der Waals surface area contributed by atoms with Crippen LogP contribution in [0.3, 0.4) is 0 Å². The number of aryl methyl sites for hydroxylation is 2. The fourth-order valence-electron chi connectivity index (χ4n) is 2.86. The quantitative estimate of drug-likeness (QED) is 0.579. The zero-order chi connectivity index (χ0) is 18.3. The Morgan fingerprint density at radius 1 is 1.31 bits per heavy atom. The Bertz CT molecular complexity index is 1150. The molecule has 4 rings (SSSR count). The van der Waals surface area contributed by atoms with Crippen LogP contribution in [0.1, 0.15) is 16.3 Å². The Morgan fingerprint density at radius 2 is 2.12 bits per heavy atom. The summed E-state index contributed by atoms with van der Waals surface area (Å²) in [5, 5.41) is 3.38. The van der Waals surface area contributed by atoms with E-state index in [0.717, 1.165) is 21.5 Å². The molecule has 0 saturated carbocycles. The van der Waals surface area contributed by atoms with E-state index in [4.69, 9.17) is 0 Å². The number of carbonyl (C=O) groups is 1. The van der Waals surface area contributed by atoms with Crippen molar-refractivity contribution in [1.29, 1.82) is 0 Å². The number of hydrogen-bond acceptors (Lipinski definition) is 5. The summed E-state index contributed by atoms with van der Waals surface area (Å²) in [4.78, 5) is 38.5. The summed E-state index contributed by atoms with van der Waals surface area (Å²) in [6.07, 6.45) is 1.43. The fraction of sp³-hybridized carbons (Fsp3) is 0.222. The first-order valence-electron chi connectivity index (χ1n) is 8.18. The molecule has 0 aliphatic rings. The minimum absolute atomic E-state index is 0.0731. The van der Waals surface area contributed by atoms with Crippen LogP contribution in [-0.2, 0) is 17.9 Å². The summed E-state index contributed by atoms with van der Waals surface area (Å²) in [7, 11) is 0. The topological polar surface area (TPSA) is 92.7 Å². The maximum Gasteiger partial charge on any atom is 0.262 e. The predicted octanol–water partition coefficient (Wildman–Crippen LogP) is 2.27. The molecular formula is C18H17N5O2S. The number of imidazole rings is 1. The summed E-state index contributed by atoms with van der Waals surface area (Å²) in [5.74, 6) is 0.406. The molecule has 0 unspecified atom stereocenters. The molecule has 4 aromatic rings. The van der Waals surface area contributed by atoms with E-state index in [0.29, 0.717) is 16.0 Å². The van der Waals surface area contributed by atoms with Gasteiger partial charge in [-0.1, -0.05) is 12.1 Å². The molecule has 1 aromatic carbocycles. The van der Waals surface area contributed by atoms with E-state index in [-0.39, 0.29) is 24.6 Å². The number of carbonyl (C=O) groups excluding carboxylic acids is 1. The molecule has 3 heterocycles. The summed E-state index contributed by atoms with van der Waals surface area (Å²) in [6.45, 7) is 4.07. The second-order valence-electron chi connectivity index (χ2n) is 6.12. The van der Waals surface area contributed by atoms with E-state index in [1.54, 1.807) is 0 Å². The average Bonchev–Trinajstić information content (AvgIpc) is 3.17. The van der Waals surface area contributed by atoms with E-state index in [2.05, 4.69) is 20.3 Å². The maximum absolute atomic E-state index is 12.6. The number of fused-ring (bicyclic) bond motifs is 2. The van der Waals surface area contributed by atoms with Gasteiger partial charge in [0.05, 0.1) is 29.3 Å². The Labute approximate surface area is 152 Å². The van der Waals surface area contributed by atoms with Gasteiger partial charge in [-0.15, -0.1) is 11.3 Å². The van der Waals surface area contributed by atoms with Crippen molar-refractivity contribution >= 4 is 38.5 Å². The van der Waals surface area contributed by atoms with Crippen LogP contribution in [0.15, 0.2) is 35.4 Å². The van der Waals surface area contributed by atoms with Crippen molar-refractivity contribution in [2.75, 3.05) is 0 Å². The van der Waals surface area contributed by atoms with Crippen molar-refractivity contribution in [2.45, 2.75) is 26.9 Å². The summed E-state index contributed by atoms with van der Waals surface area (Å²) < 4.78 is 1.34. The van der Waals surface area contributed by atoms with Gasteiger partial charge in [0, 0.05) is 4.88 Å². The molecule has 2 N–H and O–H groups in total. The number of nitrogens with one attached hydrogen (secondary N) is 2. The molecule has 0 saturated heterocycles. The molecule has 0 aliphatic heterocycles. The van der Waals surface area contributed by atoms with Gasteiger partial charge in [0.2, 0.25) is 5.91 Å². The van der Waals surface area contributed by atoms with Crippen LogP contribution < -0.4 is 10.9 Å². The molecule has 1 amide bonds. The lowest BCUT2D eigenvalue weighted by Crippen LogP contribution is -2.32. The number of para-hydroxylation sites is 2. The Morgan fingerprint density at radius 3 is 2.92 bits per heavy atom.